The molecule has 5 rings (SSSR count). The lowest BCUT2D eigenvalue weighted by Gasteiger charge is -2.29. The molecule has 0 atom stereocenters. The standard InChI is InChI=1S/C26H28N2O/c1-2-20-14-15-22(18-8-9-18)25(28-20)26(29)19-12-10-17(11-13-19)21-5-3-7-24-23(21)6-4-16-27-24/h3-7,14-19H,2,8-13H2,1H3. The number of rotatable bonds is 5. The van der Waals surface area contributed by atoms with E-state index in [0.29, 0.717) is 17.6 Å². The second-order valence-electron chi connectivity index (χ2n) is 8.70. The van der Waals surface area contributed by atoms with E-state index in [0.717, 1.165) is 49.0 Å². The molecule has 0 amide bonds. The van der Waals surface area contributed by atoms with Crippen LogP contribution in [0.4, 0.5) is 0 Å². The zero-order valence-electron chi connectivity index (χ0n) is 17.1. The van der Waals surface area contributed by atoms with Gasteiger partial charge in [0.15, 0.2) is 5.78 Å². The van der Waals surface area contributed by atoms with E-state index in [4.69, 9.17) is 4.98 Å². The van der Waals surface area contributed by atoms with Gasteiger partial charge in [0, 0.05) is 23.2 Å². The number of carbonyl (C=O) groups is 1. The van der Waals surface area contributed by atoms with Crippen molar-refractivity contribution in [3.63, 3.8) is 0 Å². The molecule has 3 heteroatoms. The van der Waals surface area contributed by atoms with E-state index >= 15 is 0 Å². The van der Waals surface area contributed by atoms with Crippen LogP contribution in [0.5, 0.6) is 0 Å². The number of nitrogens with zero attached hydrogens (tertiary/aromatic N) is 2. The lowest BCUT2D eigenvalue weighted by atomic mass is 9.75. The highest BCUT2D eigenvalue weighted by atomic mass is 16.1. The van der Waals surface area contributed by atoms with Gasteiger partial charge in [0.1, 0.15) is 5.69 Å². The fourth-order valence-corrected chi connectivity index (χ4v) is 4.97. The van der Waals surface area contributed by atoms with Crippen LogP contribution in [0.3, 0.4) is 0 Å². The molecule has 2 aromatic heterocycles. The van der Waals surface area contributed by atoms with Gasteiger partial charge in [0.25, 0.3) is 0 Å². The minimum atomic E-state index is 0.122. The van der Waals surface area contributed by atoms with Crippen LogP contribution in [0, 0.1) is 5.92 Å². The summed E-state index contributed by atoms with van der Waals surface area (Å²) in [5.74, 6) is 1.49. The number of fused-ring (bicyclic) bond motifs is 1. The van der Waals surface area contributed by atoms with Gasteiger partial charge in [0.05, 0.1) is 5.52 Å². The van der Waals surface area contributed by atoms with Crippen molar-refractivity contribution in [2.75, 3.05) is 0 Å². The predicted molar refractivity (Wildman–Crippen MR) is 116 cm³/mol. The van der Waals surface area contributed by atoms with Crippen molar-refractivity contribution in [2.45, 2.75) is 63.7 Å². The van der Waals surface area contributed by atoms with Gasteiger partial charge in [-0.3, -0.25) is 9.78 Å². The van der Waals surface area contributed by atoms with Crippen LogP contribution >= 0.6 is 0 Å². The number of benzene rings is 1. The normalized spacial score (nSPS) is 22.0. The molecule has 0 N–H and O–H groups in total. The molecule has 0 saturated heterocycles. The summed E-state index contributed by atoms with van der Waals surface area (Å²) in [6.07, 6.45) is 9.20. The van der Waals surface area contributed by atoms with Crippen molar-refractivity contribution in [3.8, 4) is 0 Å². The number of hydrogen-bond acceptors (Lipinski definition) is 3. The summed E-state index contributed by atoms with van der Waals surface area (Å²) < 4.78 is 0. The molecular formula is C26H28N2O. The fourth-order valence-electron chi connectivity index (χ4n) is 4.97. The van der Waals surface area contributed by atoms with Crippen LogP contribution in [0.25, 0.3) is 10.9 Å². The zero-order valence-corrected chi connectivity index (χ0v) is 17.1. The van der Waals surface area contributed by atoms with E-state index in [1.165, 1.54) is 29.4 Å². The Labute approximate surface area is 172 Å². The molecule has 0 unspecified atom stereocenters. The van der Waals surface area contributed by atoms with E-state index in [1.807, 2.05) is 12.3 Å². The van der Waals surface area contributed by atoms with Crippen LogP contribution < -0.4 is 0 Å². The molecule has 1 aromatic carbocycles. The average molecular weight is 385 g/mol. The third-order valence-electron chi connectivity index (χ3n) is 6.81. The Morgan fingerprint density at radius 3 is 2.41 bits per heavy atom. The Hall–Kier alpha value is -2.55. The monoisotopic (exact) mass is 384 g/mol. The van der Waals surface area contributed by atoms with Crippen LogP contribution in [-0.4, -0.2) is 15.8 Å². The molecule has 3 nitrogen and oxygen atoms in total. The van der Waals surface area contributed by atoms with Crippen molar-refractivity contribution in [1.29, 1.82) is 0 Å². The number of pyridine rings is 2. The second kappa shape index (κ2) is 7.70. The molecule has 2 saturated carbocycles. The van der Waals surface area contributed by atoms with E-state index < -0.39 is 0 Å². The van der Waals surface area contributed by atoms with Crippen LogP contribution in [0.1, 0.15) is 84.6 Å². The Kier molecular flexibility index (Phi) is 4.91. The van der Waals surface area contributed by atoms with Crippen LogP contribution in [0.2, 0.25) is 0 Å². The maximum Gasteiger partial charge on any atom is 0.184 e. The van der Waals surface area contributed by atoms with Gasteiger partial charge < -0.3 is 0 Å². The zero-order chi connectivity index (χ0) is 19.8. The molecule has 148 valence electrons. The maximum atomic E-state index is 13.4. The first-order chi connectivity index (χ1) is 14.2. The highest BCUT2D eigenvalue weighted by Gasteiger charge is 2.34. The topological polar surface area (TPSA) is 42.9 Å². The van der Waals surface area contributed by atoms with Crippen molar-refractivity contribution in [1.82, 2.24) is 9.97 Å². The first-order valence-corrected chi connectivity index (χ1v) is 11.1. The maximum absolute atomic E-state index is 13.4. The van der Waals surface area contributed by atoms with Gasteiger partial charge in [-0.2, -0.15) is 0 Å². The smallest absolute Gasteiger partial charge is 0.184 e. The Morgan fingerprint density at radius 1 is 0.897 bits per heavy atom. The Balaban J connectivity index is 1.35. The molecule has 0 radical (unpaired) electrons. The lowest BCUT2D eigenvalue weighted by molar-refractivity contribution is 0.0877. The molecule has 2 heterocycles. The van der Waals surface area contributed by atoms with Crippen molar-refractivity contribution in [2.24, 2.45) is 5.92 Å². The molecule has 0 spiro atoms. The van der Waals surface area contributed by atoms with E-state index in [-0.39, 0.29) is 5.92 Å². The number of aryl methyl sites for hydroxylation is 1. The van der Waals surface area contributed by atoms with Crippen LogP contribution in [0.15, 0.2) is 48.7 Å². The van der Waals surface area contributed by atoms with E-state index in [2.05, 4.69) is 48.3 Å². The summed E-state index contributed by atoms with van der Waals surface area (Å²) in [5, 5.41) is 1.26. The Bertz CT molecular complexity index is 1040. The summed E-state index contributed by atoms with van der Waals surface area (Å²) in [7, 11) is 0. The number of carbonyl (C=O) groups excluding carboxylic acids is 1. The van der Waals surface area contributed by atoms with Gasteiger partial charge >= 0.3 is 0 Å². The quantitative estimate of drug-likeness (QED) is 0.490. The molecule has 2 fully saturated rings. The third-order valence-corrected chi connectivity index (χ3v) is 6.81. The van der Waals surface area contributed by atoms with Gasteiger partial charge in [-0.25, -0.2) is 4.98 Å². The summed E-state index contributed by atoms with van der Waals surface area (Å²) in [6.45, 7) is 2.11. The van der Waals surface area contributed by atoms with E-state index in [9.17, 15) is 4.79 Å². The highest BCUT2D eigenvalue weighted by Crippen LogP contribution is 2.43. The first kappa shape index (κ1) is 18.5. The predicted octanol–water partition coefficient (Wildman–Crippen LogP) is 6.23. The molecule has 2 aliphatic carbocycles. The van der Waals surface area contributed by atoms with Gasteiger partial charge in [0.2, 0.25) is 0 Å². The number of ketones is 1. The fraction of sp³-hybridized carbons (Fsp3) is 0.423. The molecular weight excluding hydrogens is 356 g/mol. The SMILES string of the molecule is CCc1ccc(C2CC2)c(C(=O)C2CCC(c3cccc4ncccc34)CC2)n1. The molecule has 3 aromatic rings. The number of aromatic nitrogens is 2. The van der Waals surface area contributed by atoms with E-state index in [1.54, 1.807) is 0 Å². The van der Waals surface area contributed by atoms with Crippen LogP contribution in [-0.2, 0) is 6.42 Å². The minimum Gasteiger partial charge on any atom is -0.292 e. The molecule has 0 bridgehead atoms. The van der Waals surface area contributed by atoms with Gasteiger partial charge in [-0.15, -0.1) is 0 Å². The van der Waals surface area contributed by atoms with Crippen molar-refractivity contribution in [3.05, 3.63) is 71.2 Å². The summed E-state index contributed by atoms with van der Waals surface area (Å²) >= 11 is 0. The Morgan fingerprint density at radius 2 is 1.66 bits per heavy atom. The molecule has 29 heavy (non-hydrogen) atoms. The minimum absolute atomic E-state index is 0.122. The summed E-state index contributed by atoms with van der Waals surface area (Å²) in [4.78, 5) is 22.7. The number of Topliss-reactive ketones (excluding diaryl/α,β-unsaturated/α-hetero) is 1. The number of hydrogen-bond donors (Lipinski definition) is 0. The third kappa shape index (κ3) is 3.59. The molecule has 2 aliphatic rings. The lowest BCUT2D eigenvalue weighted by Crippen LogP contribution is -2.23. The largest absolute Gasteiger partial charge is 0.292 e. The van der Waals surface area contributed by atoms with Gasteiger partial charge in [-0.1, -0.05) is 31.2 Å². The average Bonchev–Trinajstić information content (AvgIpc) is 3.63. The second-order valence-corrected chi connectivity index (χ2v) is 8.70. The first-order valence-electron chi connectivity index (χ1n) is 11.1. The van der Waals surface area contributed by atoms with Gasteiger partial charge in [-0.05, 0) is 86.1 Å². The summed E-state index contributed by atoms with van der Waals surface area (Å²) in [5.41, 5.74) is 5.48. The van der Waals surface area contributed by atoms with Crippen molar-refractivity contribution < 1.29 is 4.79 Å². The summed E-state index contributed by atoms with van der Waals surface area (Å²) in [6, 6.07) is 14.9. The van der Waals surface area contributed by atoms with Crippen molar-refractivity contribution >= 4 is 16.7 Å². The molecule has 0 aliphatic heterocycles. The highest BCUT2D eigenvalue weighted by molar-refractivity contribution is 5.97.